The van der Waals surface area contributed by atoms with E-state index in [4.69, 9.17) is 5.84 Å². The average molecular weight is 220 g/mol. The average Bonchev–Trinajstić information content (AvgIpc) is 2.68. The van der Waals surface area contributed by atoms with E-state index in [9.17, 15) is 0 Å². The number of nitrogens with two attached hydrogens (primary N) is 1. The maximum atomic E-state index is 5.43. The van der Waals surface area contributed by atoms with Crippen LogP contribution in [0.5, 0.6) is 0 Å². The molecular formula is C10H16N6. The largest absolute Gasteiger partial charge is 0.356 e. The monoisotopic (exact) mass is 220 g/mol. The van der Waals surface area contributed by atoms with Crippen LogP contribution in [0.4, 0.5) is 11.8 Å². The number of aryl methyl sites for hydroxylation is 1. The van der Waals surface area contributed by atoms with Crippen LogP contribution in [0.3, 0.4) is 0 Å². The molecule has 0 saturated carbocycles. The van der Waals surface area contributed by atoms with Crippen LogP contribution < -0.4 is 16.6 Å². The molecule has 5 N–H and O–H groups in total. The Balaban J connectivity index is 2.43. The van der Waals surface area contributed by atoms with Gasteiger partial charge in [0.25, 0.3) is 0 Å². The molecule has 0 aromatic carbocycles. The lowest BCUT2D eigenvalue weighted by atomic mass is 10.2. The number of hydrazine groups is 1. The highest BCUT2D eigenvalue weighted by Crippen LogP contribution is 2.29. The molecule has 16 heavy (non-hydrogen) atoms. The molecular weight excluding hydrogens is 204 g/mol. The van der Waals surface area contributed by atoms with Crippen LogP contribution in [0, 0.1) is 6.92 Å². The van der Waals surface area contributed by atoms with Gasteiger partial charge < -0.3 is 15.7 Å². The fraction of sp³-hybridized carbons (Fsp3) is 0.400. The minimum absolute atomic E-state index is 0.584. The van der Waals surface area contributed by atoms with Crippen LogP contribution in [-0.2, 0) is 0 Å². The third-order valence-corrected chi connectivity index (χ3v) is 2.39. The molecule has 0 unspecified atom stereocenters. The number of nitrogen functional groups attached to an aromatic ring is 1. The van der Waals surface area contributed by atoms with Gasteiger partial charge in [0, 0.05) is 12.7 Å². The Morgan fingerprint density at radius 2 is 2.31 bits per heavy atom. The number of nitrogens with one attached hydrogen (secondary N) is 3. The summed E-state index contributed by atoms with van der Waals surface area (Å²) < 4.78 is 0. The summed E-state index contributed by atoms with van der Waals surface area (Å²) in [6.45, 7) is 4.96. The molecule has 0 bridgehead atoms. The molecule has 0 aromatic heterocycles. The van der Waals surface area contributed by atoms with E-state index in [1.54, 1.807) is 6.20 Å². The predicted molar refractivity (Wildman–Crippen MR) is 64.3 cm³/mol. The number of H-pyrrole nitrogens is 1. The second kappa shape index (κ2) is 4.36. The van der Waals surface area contributed by atoms with E-state index >= 15 is 0 Å². The van der Waals surface area contributed by atoms with Gasteiger partial charge in [-0.1, -0.05) is 6.92 Å². The molecule has 2 rings (SSSR count). The Kier molecular flexibility index (Phi) is 2.91. The highest BCUT2D eigenvalue weighted by atomic mass is 15.3. The van der Waals surface area contributed by atoms with Gasteiger partial charge in [0.05, 0.1) is 5.69 Å². The zero-order valence-corrected chi connectivity index (χ0v) is 9.46. The lowest BCUT2D eigenvalue weighted by Gasteiger charge is -2.11. The van der Waals surface area contributed by atoms with Gasteiger partial charge in [0.15, 0.2) is 5.82 Å². The first-order valence-corrected chi connectivity index (χ1v) is 5.32. The lowest BCUT2D eigenvalue weighted by Crippen LogP contribution is -2.14. The molecule has 0 fully saturated rings. The van der Waals surface area contributed by atoms with E-state index in [0.29, 0.717) is 11.8 Å². The van der Waals surface area contributed by atoms with Gasteiger partial charge in [0.2, 0.25) is 5.95 Å². The van der Waals surface area contributed by atoms with Crippen LogP contribution in [0.2, 0.25) is 0 Å². The van der Waals surface area contributed by atoms with Gasteiger partial charge in [-0.05, 0) is 18.9 Å². The minimum atomic E-state index is 0.584. The Bertz CT molecular complexity index is 449. The number of hydrogen-bond acceptors (Lipinski definition) is 5. The molecule has 0 atom stereocenters. The number of nitrogens with zero attached hydrogens (tertiary/aromatic N) is 2. The van der Waals surface area contributed by atoms with Crippen molar-refractivity contribution in [3.8, 4) is 11.4 Å². The van der Waals surface area contributed by atoms with E-state index in [-0.39, 0.29) is 0 Å². The molecule has 2 heterocycles. The summed E-state index contributed by atoms with van der Waals surface area (Å²) in [7, 11) is 0. The molecule has 0 aliphatic carbocycles. The Morgan fingerprint density at radius 1 is 1.50 bits per heavy atom. The molecule has 0 radical (unpaired) electrons. The second-order valence-corrected chi connectivity index (χ2v) is 3.67. The Labute approximate surface area is 94.0 Å². The molecule has 2 aliphatic rings. The fourth-order valence-electron chi connectivity index (χ4n) is 1.55. The number of aromatic amines is 1. The number of aromatic nitrogens is 3. The van der Waals surface area contributed by atoms with E-state index < -0.39 is 0 Å². The number of hydrogen-bond donors (Lipinski definition) is 4. The van der Waals surface area contributed by atoms with Crippen LogP contribution in [-0.4, -0.2) is 21.5 Å². The SMILES string of the molecule is CCCNc1nc(NN)c2ncc(C)c-2[nH]1. The van der Waals surface area contributed by atoms with Gasteiger partial charge in [0.1, 0.15) is 5.69 Å². The zero-order chi connectivity index (χ0) is 11.5. The maximum Gasteiger partial charge on any atom is 0.202 e. The van der Waals surface area contributed by atoms with Gasteiger partial charge in [-0.15, -0.1) is 0 Å². The number of anilines is 2. The molecule has 0 amide bonds. The van der Waals surface area contributed by atoms with E-state index in [0.717, 1.165) is 29.9 Å². The fourth-order valence-corrected chi connectivity index (χ4v) is 1.55. The molecule has 6 nitrogen and oxygen atoms in total. The topological polar surface area (TPSA) is 91.7 Å². The van der Waals surface area contributed by atoms with Crippen molar-refractivity contribution in [2.45, 2.75) is 20.3 Å². The molecule has 6 heteroatoms. The van der Waals surface area contributed by atoms with Crippen LogP contribution >= 0.6 is 0 Å². The summed E-state index contributed by atoms with van der Waals surface area (Å²) >= 11 is 0. The zero-order valence-electron chi connectivity index (χ0n) is 9.46. The predicted octanol–water partition coefficient (Wildman–Crippen LogP) is 1.33. The van der Waals surface area contributed by atoms with Crippen molar-refractivity contribution in [1.29, 1.82) is 0 Å². The molecule has 0 saturated heterocycles. The maximum absolute atomic E-state index is 5.43. The van der Waals surface area contributed by atoms with E-state index in [1.807, 2.05) is 6.92 Å². The molecule has 0 aromatic rings. The van der Waals surface area contributed by atoms with E-state index in [1.165, 1.54) is 0 Å². The van der Waals surface area contributed by atoms with Gasteiger partial charge >= 0.3 is 0 Å². The van der Waals surface area contributed by atoms with Crippen LogP contribution in [0.1, 0.15) is 18.9 Å². The minimum Gasteiger partial charge on any atom is -0.356 e. The van der Waals surface area contributed by atoms with Crippen molar-refractivity contribution in [2.24, 2.45) is 5.84 Å². The third kappa shape index (κ3) is 1.79. The van der Waals surface area contributed by atoms with Crippen molar-refractivity contribution >= 4 is 11.8 Å². The van der Waals surface area contributed by atoms with Crippen molar-refractivity contribution in [3.05, 3.63) is 11.8 Å². The van der Waals surface area contributed by atoms with Gasteiger partial charge in [-0.2, -0.15) is 4.98 Å². The van der Waals surface area contributed by atoms with Gasteiger partial charge in [-0.25, -0.2) is 5.84 Å². The summed E-state index contributed by atoms with van der Waals surface area (Å²) in [5.41, 5.74) is 5.37. The first-order chi connectivity index (χ1) is 7.76. The quantitative estimate of drug-likeness (QED) is 0.461. The first kappa shape index (κ1) is 10.7. The lowest BCUT2D eigenvalue weighted by molar-refractivity contribution is 0.951. The number of fused-ring (bicyclic) bond motifs is 1. The smallest absolute Gasteiger partial charge is 0.202 e. The third-order valence-electron chi connectivity index (χ3n) is 2.39. The second-order valence-electron chi connectivity index (χ2n) is 3.67. The summed E-state index contributed by atoms with van der Waals surface area (Å²) in [5, 5.41) is 3.19. The summed E-state index contributed by atoms with van der Waals surface area (Å²) in [6, 6.07) is 0. The summed E-state index contributed by atoms with van der Waals surface area (Å²) in [5.74, 6) is 6.72. The van der Waals surface area contributed by atoms with Crippen molar-refractivity contribution < 1.29 is 0 Å². The molecule has 0 spiro atoms. The highest BCUT2D eigenvalue weighted by molar-refractivity contribution is 5.74. The van der Waals surface area contributed by atoms with Crippen molar-refractivity contribution in [1.82, 2.24) is 15.0 Å². The van der Waals surface area contributed by atoms with Crippen molar-refractivity contribution in [2.75, 3.05) is 17.3 Å². The normalized spacial score (nSPS) is 10.7. The van der Waals surface area contributed by atoms with Crippen molar-refractivity contribution in [3.63, 3.8) is 0 Å². The molecule has 86 valence electrons. The summed E-state index contributed by atoms with van der Waals surface area (Å²) in [4.78, 5) is 11.8. The standard InChI is InChI=1S/C10H16N6/c1-3-4-12-10-14-7-6(2)5-13-8(7)9(15-10)16-11/h5,16H,3-4,11H2,1-2H3,(H2,12,14,15). The Hall–Kier alpha value is -1.82. The van der Waals surface area contributed by atoms with Crippen LogP contribution in [0.15, 0.2) is 6.20 Å². The highest BCUT2D eigenvalue weighted by Gasteiger charge is 2.16. The number of rotatable bonds is 4. The first-order valence-electron chi connectivity index (χ1n) is 5.32. The van der Waals surface area contributed by atoms with Gasteiger partial charge in [-0.3, -0.25) is 4.98 Å². The Morgan fingerprint density at radius 3 is 3.00 bits per heavy atom. The van der Waals surface area contributed by atoms with Crippen LogP contribution in [0.25, 0.3) is 11.4 Å². The van der Waals surface area contributed by atoms with E-state index in [2.05, 4.69) is 32.6 Å². The summed E-state index contributed by atoms with van der Waals surface area (Å²) in [6.07, 6.45) is 2.84. The molecule has 2 aliphatic heterocycles.